The molecule has 0 amide bonds. The molecule has 104 valence electrons. The molecular weight excluding hydrogens is 251 g/mol. The van der Waals surface area contributed by atoms with Crippen LogP contribution in [0, 0.1) is 11.7 Å². The molecule has 1 aliphatic carbocycles. The first kappa shape index (κ1) is 13.3. The highest BCUT2D eigenvalue weighted by atomic mass is 19.1. The average Bonchev–Trinajstić information content (AvgIpc) is 3.26. The van der Waals surface area contributed by atoms with Crippen molar-refractivity contribution < 1.29 is 4.39 Å². The third-order valence-electron chi connectivity index (χ3n) is 4.14. The van der Waals surface area contributed by atoms with Crippen molar-refractivity contribution in [2.45, 2.75) is 24.8 Å². The molecule has 2 aromatic carbocycles. The smallest absolute Gasteiger partial charge is 0.123 e. The molecule has 2 aromatic rings. The number of rotatable bonds is 5. The third kappa shape index (κ3) is 2.89. The Labute approximate surface area is 118 Å². The maximum atomic E-state index is 13.2. The Hall–Kier alpha value is -1.71. The van der Waals surface area contributed by atoms with Gasteiger partial charge in [-0.3, -0.25) is 11.3 Å². The van der Waals surface area contributed by atoms with Crippen LogP contribution in [0.25, 0.3) is 0 Å². The van der Waals surface area contributed by atoms with E-state index in [0.29, 0.717) is 11.8 Å². The minimum absolute atomic E-state index is 0.186. The summed E-state index contributed by atoms with van der Waals surface area (Å²) in [6.07, 6.45) is 1.91. The van der Waals surface area contributed by atoms with Gasteiger partial charge in [0.15, 0.2) is 0 Å². The van der Waals surface area contributed by atoms with Gasteiger partial charge in [0.25, 0.3) is 0 Å². The van der Waals surface area contributed by atoms with Crippen molar-refractivity contribution in [3.8, 4) is 0 Å². The fourth-order valence-electron chi connectivity index (χ4n) is 2.99. The normalized spacial score (nSPS) is 22.5. The van der Waals surface area contributed by atoms with E-state index < -0.39 is 0 Å². The topological polar surface area (TPSA) is 38.0 Å². The molecule has 1 saturated carbocycles. The number of nitrogens with one attached hydrogen (secondary N) is 1. The lowest BCUT2D eigenvalue weighted by Crippen LogP contribution is -2.38. The Bertz CT molecular complexity index is 570. The van der Waals surface area contributed by atoms with Crippen molar-refractivity contribution in [2.24, 2.45) is 11.8 Å². The Balaban J connectivity index is 1.67. The molecule has 0 spiro atoms. The number of nitrogens with two attached hydrogens (primary N) is 1. The van der Waals surface area contributed by atoms with Crippen LogP contribution < -0.4 is 11.3 Å². The van der Waals surface area contributed by atoms with Crippen molar-refractivity contribution in [3.63, 3.8) is 0 Å². The van der Waals surface area contributed by atoms with Crippen LogP contribution in [-0.2, 0) is 6.42 Å². The molecule has 20 heavy (non-hydrogen) atoms. The van der Waals surface area contributed by atoms with Gasteiger partial charge in [-0.05, 0) is 47.9 Å². The molecule has 0 saturated heterocycles. The molecule has 3 unspecified atom stereocenters. The van der Waals surface area contributed by atoms with E-state index in [2.05, 4.69) is 29.7 Å². The van der Waals surface area contributed by atoms with Gasteiger partial charge in [-0.2, -0.15) is 0 Å². The van der Waals surface area contributed by atoms with Crippen molar-refractivity contribution in [1.82, 2.24) is 5.43 Å². The first-order valence-corrected chi connectivity index (χ1v) is 7.03. The lowest BCUT2D eigenvalue weighted by Gasteiger charge is -2.16. The largest absolute Gasteiger partial charge is 0.271 e. The first-order chi connectivity index (χ1) is 9.78. The Morgan fingerprint density at radius 1 is 1.15 bits per heavy atom. The predicted molar refractivity (Wildman–Crippen MR) is 78.5 cm³/mol. The number of hydrogen-bond acceptors (Lipinski definition) is 2. The lowest BCUT2D eigenvalue weighted by molar-refractivity contribution is 0.463. The molecule has 3 heteroatoms. The Morgan fingerprint density at radius 2 is 1.95 bits per heavy atom. The van der Waals surface area contributed by atoms with Gasteiger partial charge in [-0.15, -0.1) is 0 Å². The van der Waals surface area contributed by atoms with Gasteiger partial charge in [-0.1, -0.05) is 42.5 Å². The van der Waals surface area contributed by atoms with Crippen molar-refractivity contribution in [2.75, 3.05) is 0 Å². The van der Waals surface area contributed by atoms with Crippen molar-refractivity contribution >= 4 is 0 Å². The van der Waals surface area contributed by atoms with E-state index in [1.165, 1.54) is 11.6 Å². The molecule has 3 atom stereocenters. The second-order valence-electron chi connectivity index (χ2n) is 5.52. The van der Waals surface area contributed by atoms with Crippen LogP contribution in [0.4, 0.5) is 4.39 Å². The summed E-state index contributed by atoms with van der Waals surface area (Å²) >= 11 is 0. The third-order valence-corrected chi connectivity index (χ3v) is 4.14. The van der Waals surface area contributed by atoms with Gasteiger partial charge in [-0.25, -0.2) is 4.39 Å². The van der Waals surface area contributed by atoms with E-state index in [4.69, 9.17) is 5.84 Å². The molecule has 0 heterocycles. The van der Waals surface area contributed by atoms with E-state index in [0.717, 1.165) is 18.4 Å². The second-order valence-corrected chi connectivity index (χ2v) is 5.52. The van der Waals surface area contributed by atoms with Crippen LogP contribution in [0.2, 0.25) is 0 Å². The van der Waals surface area contributed by atoms with E-state index in [1.54, 1.807) is 12.1 Å². The number of benzene rings is 2. The molecule has 0 bridgehead atoms. The van der Waals surface area contributed by atoms with Crippen LogP contribution in [0.5, 0.6) is 0 Å². The summed E-state index contributed by atoms with van der Waals surface area (Å²) in [4.78, 5) is 0. The number of hydrazine groups is 1. The van der Waals surface area contributed by atoms with E-state index in [-0.39, 0.29) is 11.9 Å². The zero-order valence-electron chi connectivity index (χ0n) is 11.3. The monoisotopic (exact) mass is 270 g/mol. The molecule has 0 aromatic heterocycles. The Kier molecular flexibility index (Phi) is 3.81. The lowest BCUT2D eigenvalue weighted by atomic mass is 9.99. The van der Waals surface area contributed by atoms with Gasteiger partial charge in [0.2, 0.25) is 0 Å². The molecule has 2 nitrogen and oxygen atoms in total. The molecule has 3 rings (SSSR count). The molecule has 1 fully saturated rings. The zero-order valence-corrected chi connectivity index (χ0v) is 11.3. The fourth-order valence-corrected chi connectivity index (χ4v) is 2.99. The summed E-state index contributed by atoms with van der Waals surface area (Å²) in [5.74, 6) is 6.62. The molecule has 0 radical (unpaired) electrons. The predicted octanol–water partition coefficient (Wildman–Crippen LogP) is 3.00. The highest BCUT2D eigenvalue weighted by Gasteiger charge is 2.43. The van der Waals surface area contributed by atoms with Gasteiger partial charge in [0.05, 0.1) is 0 Å². The minimum Gasteiger partial charge on any atom is -0.271 e. The van der Waals surface area contributed by atoms with Crippen molar-refractivity contribution in [3.05, 3.63) is 71.5 Å². The highest BCUT2D eigenvalue weighted by Crippen LogP contribution is 2.49. The second kappa shape index (κ2) is 5.73. The van der Waals surface area contributed by atoms with Crippen molar-refractivity contribution in [1.29, 1.82) is 0 Å². The molecular formula is C17H19FN2. The Morgan fingerprint density at radius 3 is 2.65 bits per heavy atom. The van der Waals surface area contributed by atoms with Gasteiger partial charge in [0, 0.05) is 6.04 Å². The van der Waals surface area contributed by atoms with Crippen LogP contribution in [0.3, 0.4) is 0 Å². The quantitative estimate of drug-likeness (QED) is 0.647. The molecule has 0 aliphatic heterocycles. The summed E-state index contributed by atoms with van der Waals surface area (Å²) < 4.78 is 13.2. The van der Waals surface area contributed by atoms with E-state index in [1.807, 2.05) is 12.1 Å². The van der Waals surface area contributed by atoms with Gasteiger partial charge >= 0.3 is 0 Å². The number of halogens is 1. The summed E-state index contributed by atoms with van der Waals surface area (Å²) in [6, 6.07) is 17.5. The standard InChI is InChI=1S/C17H19FN2/c18-14-8-4-5-12(9-14)10-17(20-19)16-11-15(16)13-6-2-1-3-7-13/h1-9,15-17,20H,10-11,19H2. The fraction of sp³-hybridized carbons (Fsp3) is 0.294. The van der Waals surface area contributed by atoms with Crippen LogP contribution in [0.15, 0.2) is 54.6 Å². The summed E-state index contributed by atoms with van der Waals surface area (Å²) in [7, 11) is 0. The highest BCUT2D eigenvalue weighted by molar-refractivity contribution is 5.27. The average molecular weight is 270 g/mol. The van der Waals surface area contributed by atoms with Crippen LogP contribution in [-0.4, -0.2) is 6.04 Å². The van der Waals surface area contributed by atoms with E-state index in [9.17, 15) is 4.39 Å². The van der Waals surface area contributed by atoms with E-state index >= 15 is 0 Å². The maximum Gasteiger partial charge on any atom is 0.123 e. The SMILES string of the molecule is NNC(Cc1cccc(F)c1)C1CC1c1ccccc1. The minimum atomic E-state index is -0.186. The number of hydrogen-bond donors (Lipinski definition) is 2. The molecule has 1 aliphatic rings. The summed E-state index contributed by atoms with van der Waals surface area (Å²) in [5.41, 5.74) is 5.27. The van der Waals surface area contributed by atoms with Crippen LogP contribution >= 0.6 is 0 Å². The summed E-state index contributed by atoms with van der Waals surface area (Å²) in [5, 5.41) is 0. The van der Waals surface area contributed by atoms with Gasteiger partial charge in [0.1, 0.15) is 5.82 Å². The first-order valence-electron chi connectivity index (χ1n) is 7.03. The molecule has 3 N–H and O–H groups in total. The van der Waals surface area contributed by atoms with Gasteiger partial charge < -0.3 is 0 Å². The zero-order chi connectivity index (χ0) is 13.9. The maximum absolute atomic E-state index is 13.2. The van der Waals surface area contributed by atoms with Crippen LogP contribution in [0.1, 0.15) is 23.5 Å². The summed E-state index contributed by atoms with van der Waals surface area (Å²) in [6.45, 7) is 0.